The summed E-state index contributed by atoms with van der Waals surface area (Å²) in [6.07, 6.45) is 4.36. The van der Waals surface area contributed by atoms with Gasteiger partial charge in [0.05, 0.1) is 5.75 Å². The molecular formula is C15H22N2OS. The number of pyridine rings is 1. The Kier molecular flexibility index (Phi) is 4.50. The zero-order valence-electron chi connectivity index (χ0n) is 11.9. The third-order valence-electron chi connectivity index (χ3n) is 2.97. The number of thioether (sulfide) groups is 1. The van der Waals surface area contributed by atoms with Crippen molar-refractivity contribution in [1.82, 2.24) is 10.3 Å². The van der Waals surface area contributed by atoms with Gasteiger partial charge in [0.15, 0.2) is 0 Å². The van der Waals surface area contributed by atoms with E-state index in [1.54, 1.807) is 11.8 Å². The number of hydrogen-bond donors (Lipinski definition) is 1. The van der Waals surface area contributed by atoms with Gasteiger partial charge in [-0.1, -0.05) is 20.8 Å². The zero-order chi connectivity index (χ0) is 13.9. The van der Waals surface area contributed by atoms with Crippen molar-refractivity contribution in [3.05, 3.63) is 29.6 Å². The van der Waals surface area contributed by atoms with Gasteiger partial charge in [0.2, 0.25) is 5.91 Å². The van der Waals surface area contributed by atoms with Gasteiger partial charge in [0.25, 0.3) is 0 Å². The molecule has 0 spiro atoms. The molecular weight excluding hydrogens is 256 g/mol. The van der Waals surface area contributed by atoms with Crippen molar-refractivity contribution in [1.29, 1.82) is 0 Å². The molecule has 1 fully saturated rings. The van der Waals surface area contributed by atoms with E-state index in [0.717, 1.165) is 5.56 Å². The molecule has 19 heavy (non-hydrogen) atoms. The lowest BCUT2D eigenvalue weighted by Crippen LogP contribution is -2.26. The molecule has 4 heteroatoms. The average Bonchev–Trinajstić information content (AvgIpc) is 3.17. The van der Waals surface area contributed by atoms with Crippen molar-refractivity contribution >= 4 is 17.7 Å². The van der Waals surface area contributed by atoms with Gasteiger partial charge < -0.3 is 5.32 Å². The summed E-state index contributed by atoms with van der Waals surface area (Å²) in [5, 5.41) is 2.97. The Labute approximate surface area is 119 Å². The van der Waals surface area contributed by atoms with E-state index in [2.05, 4.69) is 37.1 Å². The number of carbonyl (C=O) groups excluding carboxylic acids is 1. The van der Waals surface area contributed by atoms with Crippen LogP contribution in [-0.2, 0) is 11.3 Å². The van der Waals surface area contributed by atoms with Crippen LogP contribution in [0.1, 0.15) is 50.8 Å². The first-order valence-electron chi connectivity index (χ1n) is 6.79. The molecule has 0 saturated heterocycles. The van der Waals surface area contributed by atoms with Crippen molar-refractivity contribution in [2.24, 2.45) is 0 Å². The highest BCUT2D eigenvalue weighted by atomic mass is 32.2. The standard InChI is InChI=1S/C15H22N2OS/c1-15(2,3)19-10-14(18)17-9-11-6-7-16-13(8-11)12-4-5-12/h6-8,12H,4-5,9-10H2,1-3H3,(H,17,18). The molecule has 0 bridgehead atoms. The summed E-state index contributed by atoms with van der Waals surface area (Å²) in [6.45, 7) is 6.97. The summed E-state index contributed by atoms with van der Waals surface area (Å²) in [6, 6.07) is 4.10. The molecule has 1 heterocycles. The Morgan fingerprint density at radius 3 is 2.84 bits per heavy atom. The molecule has 0 aliphatic heterocycles. The summed E-state index contributed by atoms with van der Waals surface area (Å²) < 4.78 is 0.132. The number of nitrogens with one attached hydrogen (secondary N) is 1. The molecule has 0 atom stereocenters. The fourth-order valence-electron chi connectivity index (χ4n) is 1.74. The van der Waals surface area contributed by atoms with E-state index in [4.69, 9.17) is 0 Å². The number of amides is 1. The number of hydrogen-bond acceptors (Lipinski definition) is 3. The van der Waals surface area contributed by atoms with E-state index in [0.29, 0.717) is 18.2 Å². The number of rotatable bonds is 5. The van der Waals surface area contributed by atoms with Crippen LogP contribution in [0, 0.1) is 0 Å². The molecule has 0 radical (unpaired) electrons. The minimum atomic E-state index is 0.102. The molecule has 1 saturated carbocycles. The smallest absolute Gasteiger partial charge is 0.230 e. The first-order chi connectivity index (χ1) is 8.94. The third-order valence-corrected chi connectivity index (χ3v) is 4.24. The lowest BCUT2D eigenvalue weighted by molar-refractivity contribution is -0.118. The first-order valence-corrected chi connectivity index (χ1v) is 7.78. The SMILES string of the molecule is CC(C)(C)SCC(=O)NCc1ccnc(C2CC2)c1. The van der Waals surface area contributed by atoms with Crippen LogP contribution in [0.25, 0.3) is 0 Å². The van der Waals surface area contributed by atoms with Crippen LogP contribution >= 0.6 is 11.8 Å². The zero-order valence-corrected chi connectivity index (χ0v) is 12.7. The second kappa shape index (κ2) is 5.95. The number of nitrogens with zero attached hydrogens (tertiary/aromatic N) is 1. The molecule has 1 aromatic rings. The largest absolute Gasteiger partial charge is 0.351 e. The predicted molar refractivity (Wildman–Crippen MR) is 80.3 cm³/mol. The topological polar surface area (TPSA) is 42.0 Å². The van der Waals surface area contributed by atoms with Gasteiger partial charge in [-0.2, -0.15) is 0 Å². The minimum Gasteiger partial charge on any atom is -0.351 e. The molecule has 0 unspecified atom stereocenters. The molecule has 1 aliphatic rings. The van der Waals surface area contributed by atoms with Crippen LogP contribution in [0.15, 0.2) is 18.3 Å². The second-order valence-electron chi connectivity index (χ2n) is 6.04. The van der Waals surface area contributed by atoms with E-state index in [1.807, 2.05) is 12.3 Å². The quantitative estimate of drug-likeness (QED) is 0.900. The fourth-order valence-corrected chi connectivity index (χ4v) is 2.41. The normalized spacial score (nSPS) is 15.3. The summed E-state index contributed by atoms with van der Waals surface area (Å²) in [5.74, 6) is 1.28. The molecule has 0 aromatic carbocycles. The third kappa shape index (κ3) is 5.23. The molecule has 2 rings (SSSR count). The maximum Gasteiger partial charge on any atom is 0.230 e. The summed E-state index contributed by atoms with van der Waals surface area (Å²) >= 11 is 1.67. The Bertz CT molecular complexity index is 450. The van der Waals surface area contributed by atoms with E-state index < -0.39 is 0 Å². The van der Waals surface area contributed by atoms with Crippen molar-refractivity contribution in [2.75, 3.05) is 5.75 Å². The van der Waals surface area contributed by atoms with Crippen LogP contribution in [0.5, 0.6) is 0 Å². The van der Waals surface area contributed by atoms with Gasteiger partial charge in [0, 0.05) is 29.1 Å². The van der Waals surface area contributed by atoms with Gasteiger partial charge in [-0.05, 0) is 30.5 Å². The van der Waals surface area contributed by atoms with Gasteiger partial charge in [-0.25, -0.2) is 0 Å². The van der Waals surface area contributed by atoms with Crippen molar-refractivity contribution in [3.8, 4) is 0 Å². The highest BCUT2D eigenvalue weighted by molar-refractivity contribution is 8.01. The van der Waals surface area contributed by atoms with E-state index in [1.165, 1.54) is 18.5 Å². The maximum atomic E-state index is 11.7. The highest BCUT2D eigenvalue weighted by Crippen LogP contribution is 2.38. The number of aromatic nitrogens is 1. The summed E-state index contributed by atoms with van der Waals surface area (Å²) in [7, 11) is 0. The van der Waals surface area contributed by atoms with E-state index >= 15 is 0 Å². The van der Waals surface area contributed by atoms with Gasteiger partial charge in [-0.15, -0.1) is 11.8 Å². The molecule has 1 aliphatic carbocycles. The Morgan fingerprint density at radius 2 is 2.21 bits per heavy atom. The average molecular weight is 278 g/mol. The van der Waals surface area contributed by atoms with Gasteiger partial charge in [-0.3, -0.25) is 9.78 Å². The first kappa shape index (κ1) is 14.4. The summed E-state index contributed by atoms with van der Waals surface area (Å²) in [5.41, 5.74) is 2.32. The second-order valence-corrected chi connectivity index (χ2v) is 7.84. The summed E-state index contributed by atoms with van der Waals surface area (Å²) in [4.78, 5) is 16.1. The van der Waals surface area contributed by atoms with Gasteiger partial charge in [0.1, 0.15) is 0 Å². The van der Waals surface area contributed by atoms with Crippen LogP contribution in [0.2, 0.25) is 0 Å². The lowest BCUT2D eigenvalue weighted by Gasteiger charge is -2.17. The van der Waals surface area contributed by atoms with Gasteiger partial charge >= 0.3 is 0 Å². The highest BCUT2D eigenvalue weighted by Gasteiger charge is 2.24. The monoisotopic (exact) mass is 278 g/mol. The Balaban J connectivity index is 1.78. The number of carbonyl (C=O) groups is 1. The van der Waals surface area contributed by atoms with Crippen LogP contribution in [-0.4, -0.2) is 21.4 Å². The molecule has 1 amide bonds. The van der Waals surface area contributed by atoms with Crippen molar-refractivity contribution in [2.45, 2.75) is 50.8 Å². The minimum absolute atomic E-state index is 0.102. The van der Waals surface area contributed by atoms with Crippen molar-refractivity contribution < 1.29 is 4.79 Å². The molecule has 104 valence electrons. The molecule has 1 aromatic heterocycles. The van der Waals surface area contributed by atoms with E-state index in [-0.39, 0.29) is 10.7 Å². The molecule has 3 nitrogen and oxygen atoms in total. The van der Waals surface area contributed by atoms with Crippen LogP contribution < -0.4 is 5.32 Å². The molecule has 1 N–H and O–H groups in total. The van der Waals surface area contributed by atoms with Crippen molar-refractivity contribution in [3.63, 3.8) is 0 Å². The lowest BCUT2D eigenvalue weighted by atomic mass is 10.2. The Hall–Kier alpha value is -1.03. The van der Waals surface area contributed by atoms with E-state index in [9.17, 15) is 4.79 Å². The van der Waals surface area contributed by atoms with Crippen LogP contribution in [0.4, 0.5) is 0 Å². The fraction of sp³-hybridized carbons (Fsp3) is 0.600. The predicted octanol–water partition coefficient (Wildman–Crippen LogP) is 3.11. The maximum absolute atomic E-state index is 11.7. The Morgan fingerprint density at radius 1 is 1.47 bits per heavy atom. The van der Waals surface area contributed by atoms with Crippen LogP contribution in [0.3, 0.4) is 0 Å².